The van der Waals surface area contributed by atoms with Crippen LogP contribution in [0.2, 0.25) is 5.02 Å². The first-order valence-electron chi connectivity index (χ1n) is 13.0. The molecule has 2 amide bonds. The molecule has 1 heterocycles. The number of ether oxygens (including phenoxy) is 1. The third-order valence-corrected chi connectivity index (χ3v) is 7.06. The smallest absolute Gasteiger partial charge is 0.238 e. The zero-order valence-electron chi connectivity index (χ0n) is 22.3. The van der Waals surface area contributed by atoms with Crippen LogP contribution in [0.15, 0.2) is 66.7 Å². The van der Waals surface area contributed by atoms with E-state index in [0.29, 0.717) is 49.2 Å². The molecule has 0 aliphatic carbocycles. The molecule has 0 radical (unpaired) electrons. The molecule has 0 unspecified atom stereocenters. The summed E-state index contributed by atoms with van der Waals surface area (Å²) in [5, 5.41) is 3.35. The highest BCUT2D eigenvalue weighted by molar-refractivity contribution is 6.32. The van der Waals surface area contributed by atoms with Crippen molar-refractivity contribution in [2.75, 3.05) is 50.1 Å². The van der Waals surface area contributed by atoms with Crippen LogP contribution in [-0.2, 0) is 22.7 Å². The summed E-state index contributed by atoms with van der Waals surface area (Å²) in [4.78, 5) is 31.9. The number of hydrogen-bond donors (Lipinski definition) is 1. The van der Waals surface area contributed by atoms with Gasteiger partial charge < -0.3 is 15.0 Å². The number of para-hydroxylation sites is 1. The number of anilines is 2. The van der Waals surface area contributed by atoms with E-state index in [2.05, 4.69) is 15.1 Å². The second kappa shape index (κ2) is 13.6. The zero-order valence-corrected chi connectivity index (χ0v) is 23.1. The quantitative estimate of drug-likeness (QED) is 0.456. The SMILES string of the molecule is COc1ccc(NC(=O)CN2CCN(Cc3ccc(F)cc3)CCCN(C(C)=O)c3ccccc3C2)cc1Cl. The third-order valence-electron chi connectivity index (χ3n) is 6.77. The normalized spacial score (nSPS) is 15.2. The molecule has 1 aliphatic heterocycles. The van der Waals surface area contributed by atoms with Crippen molar-refractivity contribution < 1.29 is 18.7 Å². The van der Waals surface area contributed by atoms with Crippen LogP contribution < -0.4 is 15.0 Å². The van der Waals surface area contributed by atoms with E-state index < -0.39 is 0 Å². The summed E-state index contributed by atoms with van der Waals surface area (Å²) in [6.07, 6.45) is 0.786. The first-order valence-corrected chi connectivity index (χ1v) is 13.4. The summed E-state index contributed by atoms with van der Waals surface area (Å²) in [6, 6.07) is 19.5. The number of methoxy groups -OCH3 is 1. The summed E-state index contributed by atoms with van der Waals surface area (Å²) in [6.45, 7) is 5.57. The van der Waals surface area contributed by atoms with E-state index in [1.807, 2.05) is 29.2 Å². The molecule has 0 spiro atoms. The summed E-state index contributed by atoms with van der Waals surface area (Å²) >= 11 is 6.23. The molecule has 3 aromatic carbocycles. The van der Waals surface area contributed by atoms with Crippen molar-refractivity contribution in [3.05, 3.63) is 88.7 Å². The fraction of sp³-hybridized carbons (Fsp3) is 0.333. The van der Waals surface area contributed by atoms with Gasteiger partial charge in [-0.1, -0.05) is 41.9 Å². The molecular formula is C30H34ClFN4O3. The lowest BCUT2D eigenvalue weighted by Crippen LogP contribution is -2.39. The Morgan fingerprint density at radius 3 is 2.44 bits per heavy atom. The summed E-state index contributed by atoms with van der Waals surface area (Å²) in [5.41, 5.74) is 3.45. The van der Waals surface area contributed by atoms with Gasteiger partial charge in [-0.25, -0.2) is 4.39 Å². The average molecular weight is 553 g/mol. The van der Waals surface area contributed by atoms with E-state index in [-0.39, 0.29) is 24.2 Å². The van der Waals surface area contributed by atoms with Crippen LogP contribution in [0.4, 0.5) is 15.8 Å². The lowest BCUT2D eigenvalue weighted by Gasteiger charge is -2.27. The van der Waals surface area contributed by atoms with E-state index in [4.69, 9.17) is 16.3 Å². The van der Waals surface area contributed by atoms with Gasteiger partial charge in [0.05, 0.1) is 18.7 Å². The molecule has 1 aliphatic rings. The molecule has 9 heteroatoms. The molecule has 0 saturated carbocycles. The maximum atomic E-state index is 13.5. The highest BCUT2D eigenvalue weighted by Crippen LogP contribution is 2.27. The van der Waals surface area contributed by atoms with E-state index in [1.165, 1.54) is 12.1 Å². The first kappa shape index (κ1) is 28.5. The summed E-state index contributed by atoms with van der Waals surface area (Å²) in [7, 11) is 1.54. The van der Waals surface area contributed by atoms with Crippen molar-refractivity contribution in [1.82, 2.24) is 9.80 Å². The number of amides is 2. The number of benzene rings is 3. The van der Waals surface area contributed by atoms with Crippen LogP contribution in [0.5, 0.6) is 5.75 Å². The minimum atomic E-state index is -0.263. The highest BCUT2D eigenvalue weighted by atomic mass is 35.5. The average Bonchev–Trinajstić information content (AvgIpc) is 2.93. The molecule has 7 nitrogen and oxygen atoms in total. The molecule has 0 saturated heterocycles. The second-order valence-electron chi connectivity index (χ2n) is 9.66. The number of nitrogens with one attached hydrogen (secondary N) is 1. The fourth-order valence-corrected chi connectivity index (χ4v) is 5.07. The van der Waals surface area contributed by atoms with Gasteiger partial charge in [0.15, 0.2) is 0 Å². The van der Waals surface area contributed by atoms with Crippen molar-refractivity contribution in [3.8, 4) is 5.75 Å². The van der Waals surface area contributed by atoms with Crippen molar-refractivity contribution in [1.29, 1.82) is 0 Å². The molecular weight excluding hydrogens is 519 g/mol. The van der Waals surface area contributed by atoms with Crippen LogP contribution in [0, 0.1) is 5.82 Å². The van der Waals surface area contributed by atoms with Gasteiger partial charge >= 0.3 is 0 Å². The lowest BCUT2D eigenvalue weighted by atomic mass is 10.1. The van der Waals surface area contributed by atoms with Gasteiger partial charge in [-0.2, -0.15) is 0 Å². The van der Waals surface area contributed by atoms with Crippen molar-refractivity contribution in [2.24, 2.45) is 0 Å². The van der Waals surface area contributed by atoms with Gasteiger partial charge in [-0.05, 0) is 53.9 Å². The predicted octanol–water partition coefficient (Wildman–Crippen LogP) is 5.19. The lowest BCUT2D eigenvalue weighted by molar-refractivity contribution is -0.118. The number of rotatable bonds is 6. The Morgan fingerprint density at radius 1 is 0.974 bits per heavy atom. The van der Waals surface area contributed by atoms with Crippen LogP contribution in [0.3, 0.4) is 0 Å². The number of nitrogens with zero attached hydrogens (tertiary/aromatic N) is 3. The van der Waals surface area contributed by atoms with Crippen LogP contribution in [-0.4, -0.2) is 61.4 Å². The molecule has 39 heavy (non-hydrogen) atoms. The van der Waals surface area contributed by atoms with Gasteiger partial charge in [-0.3, -0.25) is 19.4 Å². The standard InChI is InChI=1S/C30H34ClFN4O3/c1-22(37)36-15-5-14-34(19-23-8-10-25(32)11-9-23)16-17-35(20-24-6-3-4-7-28(24)36)21-30(38)33-26-12-13-29(39-2)27(31)18-26/h3-4,6-13,18H,5,14-17,19-21H2,1-2H3,(H,33,38). The Kier molecular flexibility index (Phi) is 9.92. The Labute approximate surface area is 234 Å². The highest BCUT2D eigenvalue weighted by Gasteiger charge is 2.21. The molecule has 0 aromatic heterocycles. The molecule has 4 rings (SSSR count). The number of halogens is 2. The number of fused-ring (bicyclic) bond motifs is 1. The van der Waals surface area contributed by atoms with Gasteiger partial charge in [-0.15, -0.1) is 0 Å². The van der Waals surface area contributed by atoms with Crippen LogP contribution >= 0.6 is 11.6 Å². The Balaban J connectivity index is 1.55. The Bertz CT molecular complexity index is 1290. The van der Waals surface area contributed by atoms with Gasteiger partial charge in [0, 0.05) is 57.6 Å². The van der Waals surface area contributed by atoms with Crippen LogP contribution in [0.25, 0.3) is 0 Å². The summed E-state index contributed by atoms with van der Waals surface area (Å²) < 4.78 is 18.7. The van der Waals surface area contributed by atoms with E-state index in [0.717, 1.165) is 29.8 Å². The molecule has 0 bridgehead atoms. The number of hydrogen-bond acceptors (Lipinski definition) is 5. The minimum Gasteiger partial charge on any atom is -0.495 e. The molecule has 206 valence electrons. The van der Waals surface area contributed by atoms with Crippen LogP contribution in [0.1, 0.15) is 24.5 Å². The van der Waals surface area contributed by atoms with Crippen molar-refractivity contribution in [2.45, 2.75) is 26.4 Å². The maximum Gasteiger partial charge on any atom is 0.238 e. The van der Waals surface area contributed by atoms with Gasteiger partial charge in [0.1, 0.15) is 11.6 Å². The predicted molar refractivity (Wildman–Crippen MR) is 153 cm³/mol. The van der Waals surface area contributed by atoms with E-state index in [9.17, 15) is 14.0 Å². The minimum absolute atomic E-state index is 0.0209. The zero-order chi connectivity index (χ0) is 27.8. The molecule has 0 fully saturated rings. The first-order chi connectivity index (χ1) is 18.8. The molecule has 0 atom stereocenters. The van der Waals surface area contributed by atoms with Gasteiger partial charge in [0.2, 0.25) is 11.8 Å². The topological polar surface area (TPSA) is 65.1 Å². The maximum absolute atomic E-state index is 13.5. The van der Waals surface area contributed by atoms with Crippen molar-refractivity contribution in [3.63, 3.8) is 0 Å². The fourth-order valence-electron chi connectivity index (χ4n) is 4.81. The molecule has 1 N–H and O–H groups in total. The van der Waals surface area contributed by atoms with E-state index in [1.54, 1.807) is 44.4 Å². The molecule has 3 aromatic rings. The van der Waals surface area contributed by atoms with E-state index >= 15 is 0 Å². The van der Waals surface area contributed by atoms with Gasteiger partial charge in [0.25, 0.3) is 0 Å². The largest absolute Gasteiger partial charge is 0.495 e. The monoisotopic (exact) mass is 552 g/mol. The van der Waals surface area contributed by atoms with Crippen molar-refractivity contribution >= 4 is 34.8 Å². The Hall–Kier alpha value is -3.46. The third kappa shape index (κ3) is 8.02. The number of carbonyl (C=O) groups is 2. The Morgan fingerprint density at radius 2 is 1.72 bits per heavy atom. The summed E-state index contributed by atoms with van der Waals surface area (Å²) in [5.74, 6) is 0.0839. The number of carbonyl (C=O) groups excluding carboxylic acids is 2. The second-order valence-corrected chi connectivity index (χ2v) is 10.1.